The average molecular weight is 168 g/mol. The summed E-state index contributed by atoms with van der Waals surface area (Å²) in [6.45, 7) is 0.287. The predicted octanol–water partition coefficient (Wildman–Crippen LogP) is -1.23. The van der Waals surface area contributed by atoms with Crippen LogP contribution in [0.15, 0.2) is 0 Å². The van der Waals surface area contributed by atoms with Crippen LogP contribution in [-0.2, 0) is 14.9 Å². The molecular formula is C4H12N2O3S. The van der Waals surface area contributed by atoms with Crippen molar-refractivity contribution in [2.75, 3.05) is 26.5 Å². The Labute approximate surface area is 60.8 Å². The van der Waals surface area contributed by atoms with Gasteiger partial charge in [0.1, 0.15) is 0 Å². The number of rotatable bonds is 4. The lowest BCUT2D eigenvalue weighted by Gasteiger charge is -2.11. The van der Waals surface area contributed by atoms with Gasteiger partial charge in [0.05, 0.1) is 12.9 Å². The van der Waals surface area contributed by atoms with Gasteiger partial charge in [-0.2, -0.15) is 5.06 Å². The lowest BCUT2D eigenvalue weighted by atomic mass is 10.7. The van der Waals surface area contributed by atoms with E-state index in [1.165, 1.54) is 12.2 Å². The zero-order valence-corrected chi connectivity index (χ0v) is 6.89. The average Bonchev–Trinajstić information content (AvgIpc) is 1.81. The van der Waals surface area contributed by atoms with Crippen molar-refractivity contribution in [3.05, 3.63) is 0 Å². The van der Waals surface area contributed by atoms with E-state index in [-0.39, 0.29) is 12.3 Å². The molecule has 0 bridgehead atoms. The Balaban J connectivity index is 3.56. The van der Waals surface area contributed by atoms with Gasteiger partial charge in [0.2, 0.25) is 10.0 Å². The van der Waals surface area contributed by atoms with Crippen molar-refractivity contribution in [2.45, 2.75) is 0 Å². The summed E-state index contributed by atoms with van der Waals surface area (Å²) < 4.78 is 20.7. The highest BCUT2D eigenvalue weighted by atomic mass is 32.2. The van der Waals surface area contributed by atoms with Gasteiger partial charge in [-0.25, -0.2) is 13.6 Å². The van der Waals surface area contributed by atoms with Crippen molar-refractivity contribution >= 4 is 10.0 Å². The molecule has 62 valence electrons. The fourth-order valence-corrected chi connectivity index (χ4v) is 0.859. The van der Waals surface area contributed by atoms with Crippen molar-refractivity contribution in [3.8, 4) is 0 Å². The van der Waals surface area contributed by atoms with E-state index in [0.717, 1.165) is 0 Å². The SMILES string of the molecule is CON(C)CCS(N)(=O)=O. The van der Waals surface area contributed by atoms with Gasteiger partial charge < -0.3 is 4.84 Å². The monoisotopic (exact) mass is 168 g/mol. The van der Waals surface area contributed by atoms with Gasteiger partial charge in [-0.3, -0.25) is 0 Å². The second kappa shape index (κ2) is 3.87. The fraction of sp³-hybridized carbons (Fsp3) is 1.00. The number of nitrogens with zero attached hydrogens (tertiary/aromatic N) is 1. The maximum absolute atomic E-state index is 10.3. The molecule has 0 radical (unpaired) electrons. The summed E-state index contributed by atoms with van der Waals surface area (Å²) in [5, 5.41) is 6.12. The highest BCUT2D eigenvalue weighted by Gasteiger charge is 2.03. The molecule has 0 aromatic carbocycles. The minimum absolute atomic E-state index is 0.0860. The van der Waals surface area contributed by atoms with Crippen molar-refractivity contribution in [1.82, 2.24) is 5.06 Å². The first-order valence-electron chi connectivity index (χ1n) is 2.71. The van der Waals surface area contributed by atoms with Crippen LogP contribution in [0.2, 0.25) is 0 Å². The van der Waals surface area contributed by atoms with Gasteiger partial charge in [0, 0.05) is 13.6 Å². The fourth-order valence-electron chi connectivity index (χ4n) is 0.347. The van der Waals surface area contributed by atoms with Crippen LogP contribution in [0.3, 0.4) is 0 Å². The first-order chi connectivity index (χ1) is 4.45. The van der Waals surface area contributed by atoms with Crippen molar-refractivity contribution in [3.63, 3.8) is 0 Å². The summed E-state index contributed by atoms with van der Waals surface area (Å²) in [5.41, 5.74) is 0. The second-order valence-electron chi connectivity index (χ2n) is 1.90. The van der Waals surface area contributed by atoms with E-state index < -0.39 is 10.0 Å². The Kier molecular flexibility index (Phi) is 3.80. The molecule has 6 heteroatoms. The van der Waals surface area contributed by atoms with Crippen molar-refractivity contribution in [1.29, 1.82) is 0 Å². The van der Waals surface area contributed by atoms with E-state index in [9.17, 15) is 8.42 Å². The van der Waals surface area contributed by atoms with Crippen LogP contribution in [0.1, 0.15) is 0 Å². The molecule has 10 heavy (non-hydrogen) atoms. The zero-order valence-electron chi connectivity index (χ0n) is 6.07. The minimum Gasteiger partial charge on any atom is -0.303 e. The summed E-state index contributed by atoms with van der Waals surface area (Å²) in [6, 6.07) is 0. The molecule has 0 heterocycles. The smallest absolute Gasteiger partial charge is 0.210 e. The van der Waals surface area contributed by atoms with Crippen LogP contribution in [0.5, 0.6) is 0 Å². The number of sulfonamides is 1. The Morgan fingerprint density at radius 3 is 2.40 bits per heavy atom. The number of hydrogen-bond donors (Lipinski definition) is 1. The Bertz CT molecular complexity index is 177. The van der Waals surface area contributed by atoms with Crippen LogP contribution in [-0.4, -0.2) is 39.9 Å². The van der Waals surface area contributed by atoms with Crippen LogP contribution in [0.25, 0.3) is 0 Å². The first-order valence-corrected chi connectivity index (χ1v) is 4.43. The molecule has 0 rings (SSSR count). The predicted molar refractivity (Wildman–Crippen MR) is 37.6 cm³/mol. The van der Waals surface area contributed by atoms with E-state index in [2.05, 4.69) is 4.84 Å². The largest absolute Gasteiger partial charge is 0.303 e. The van der Waals surface area contributed by atoms with Crippen molar-refractivity contribution < 1.29 is 13.3 Å². The molecule has 0 fully saturated rings. The molecule has 0 amide bonds. The number of nitrogens with two attached hydrogens (primary N) is 1. The van der Waals surface area contributed by atoms with Gasteiger partial charge in [-0.1, -0.05) is 0 Å². The molecule has 0 aliphatic heterocycles. The van der Waals surface area contributed by atoms with Gasteiger partial charge in [-0.05, 0) is 0 Å². The number of primary sulfonamides is 1. The van der Waals surface area contributed by atoms with Gasteiger partial charge in [-0.15, -0.1) is 0 Å². The van der Waals surface area contributed by atoms with Crippen LogP contribution < -0.4 is 5.14 Å². The zero-order chi connectivity index (χ0) is 8.20. The molecule has 0 saturated heterocycles. The summed E-state index contributed by atoms with van der Waals surface area (Å²) >= 11 is 0. The van der Waals surface area contributed by atoms with E-state index >= 15 is 0 Å². The molecule has 5 nitrogen and oxygen atoms in total. The van der Waals surface area contributed by atoms with E-state index in [1.54, 1.807) is 7.05 Å². The van der Waals surface area contributed by atoms with E-state index in [4.69, 9.17) is 5.14 Å². The normalized spacial score (nSPS) is 12.4. The molecule has 2 N–H and O–H groups in total. The summed E-state index contributed by atoms with van der Waals surface area (Å²) in [5.74, 6) is -0.0860. The third-order valence-electron chi connectivity index (χ3n) is 1.00. The molecule has 0 spiro atoms. The quantitative estimate of drug-likeness (QED) is 0.533. The second-order valence-corrected chi connectivity index (χ2v) is 3.64. The summed E-state index contributed by atoms with van der Waals surface area (Å²) in [4.78, 5) is 4.66. The summed E-state index contributed by atoms with van der Waals surface area (Å²) in [6.07, 6.45) is 0. The van der Waals surface area contributed by atoms with Gasteiger partial charge in [0.15, 0.2) is 0 Å². The Morgan fingerprint density at radius 1 is 1.60 bits per heavy atom. The third kappa shape index (κ3) is 5.96. The molecule has 0 saturated carbocycles. The molecule has 0 aliphatic rings. The lowest BCUT2D eigenvalue weighted by molar-refractivity contribution is -0.104. The first kappa shape index (κ1) is 9.83. The van der Waals surface area contributed by atoms with Crippen LogP contribution >= 0.6 is 0 Å². The highest BCUT2D eigenvalue weighted by Crippen LogP contribution is 1.83. The van der Waals surface area contributed by atoms with Gasteiger partial charge in [0.25, 0.3) is 0 Å². The number of hydroxylamine groups is 2. The third-order valence-corrected chi connectivity index (χ3v) is 1.75. The van der Waals surface area contributed by atoms with Crippen molar-refractivity contribution in [2.24, 2.45) is 5.14 Å². The van der Waals surface area contributed by atoms with Crippen LogP contribution in [0.4, 0.5) is 0 Å². The molecule has 0 aromatic heterocycles. The maximum Gasteiger partial charge on any atom is 0.210 e. The molecule has 0 aromatic rings. The Hall–Kier alpha value is -0.170. The maximum atomic E-state index is 10.3. The lowest BCUT2D eigenvalue weighted by Crippen LogP contribution is -2.28. The molecule has 0 unspecified atom stereocenters. The molecular weight excluding hydrogens is 156 g/mol. The van der Waals surface area contributed by atoms with Crippen LogP contribution in [0, 0.1) is 0 Å². The number of hydrogen-bond acceptors (Lipinski definition) is 4. The standard InChI is InChI=1S/C4H12N2O3S/c1-6(9-2)3-4-10(5,7)8/h3-4H2,1-2H3,(H2,5,7,8). The topological polar surface area (TPSA) is 72.6 Å². The minimum atomic E-state index is -3.35. The van der Waals surface area contributed by atoms with Gasteiger partial charge >= 0.3 is 0 Å². The van der Waals surface area contributed by atoms with E-state index in [0.29, 0.717) is 0 Å². The highest BCUT2D eigenvalue weighted by molar-refractivity contribution is 7.89. The Morgan fingerprint density at radius 2 is 2.10 bits per heavy atom. The summed E-state index contributed by atoms with van der Waals surface area (Å²) in [7, 11) is -0.259. The molecule has 0 atom stereocenters. The molecule has 0 aliphatic carbocycles. The van der Waals surface area contributed by atoms with E-state index in [1.807, 2.05) is 0 Å².